The first-order valence-electron chi connectivity index (χ1n) is 4.95. The molecular weight excluding hydrogens is 222 g/mol. The first-order chi connectivity index (χ1) is 7.77. The molecular formula is C12H15NO4. The van der Waals surface area contributed by atoms with Gasteiger partial charge in [-0.3, -0.25) is 9.59 Å². The summed E-state index contributed by atoms with van der Waals surface area (Å²) in [5, 5.41) is 8.89. The van der Waals surface area contributed by atoms with Gasteiger partial charge in [0.1, 0.15) is 7.05 Å². The Bertz CT molecular complexity index is 416. The highest BCUT2D eigenvalue weighted by molar-refractivity contribution is 5.93. The number of ketones is 2. The Balaban J connectivity index is 0.000000557. The molecule has 0 radical (unpaired) electrons. The van der Waals surface area contributed by atoms with Crippen molar-refractivity contribution in [3.8, 4) is 0 Å². The van der Waals surface area contributed by atoms with Gasteiger partial charge in [0.05, 0.1) is 0 Å². The Morgan fingerprint density at radius 3 is 1.53 bits per heavy atom. The van der Waals surface area contributed by atoms with E-state index in [-0.39, 0.29) is 11.6 Å². The molecule has 0 aliphatic carbocycles. The van der Waals surface area contributed by atoms with Gasteiger partial charge in [-0.25, -0.2) is 0 Å². The van der Waals surface area contributed by atoms with Gasteiger partial charge in [0, 0.05) is 31.9 Å². The smallest absolute Gasteiger partial charge is 0.248 e. The molecule has 0 saturated heterocycles. The molecule has 5 nitrogen and oxygen atoms in total. The normalized spacial score (nSPS) is 8.94. The number of aliphatic carboxylic acids is 1. The van der Waals surface area contributed by atoms with Crippen molar-refractivity contribution in [2.24, 2.45) is 7.05 Å². The number of aromatic nitrogens is 1. The minimum Gasteiger partial charge on any atom is -0.550 e. The van der Waals surface area contributed by atoms with Crippen molar-refractivity contribution in [3.63, 3.8) is 0 Å². The molecule has 1 aromatic rings. The van der Waals surface area contributed by atoms with Gasteiger partial charge in [0.15, 0.2) is 0 Å². The SMILES string of the molecule is CC(=O)[O-].CC(=O)c1cccc(C(C)=O)[n+]1C. The number of pyridine rings is 1. The van der Waals surface area contributed by atoms with Crippen LogP contribution in [0.3, 0.4) is 0 Å². The summed E-state index contributed by atoms with van der Waals surface area (Å²) in [4.78, 5) is 31.1. The third-order valence-electron chi connectivity index (χ3n) is 1.95. The second-order valence-electron chi connectivity index (χ2n) is 3.46. The van der Waals surface area contributed by atoms with Gasteiger partial charge in [0.25, 0.3) is 0 Å². The molecule has 0 aliphatic heterocycles. The molecule has 0 atom stereocenters. The van der Waals surface area contributed by atoms with Crippen molar-refractivity contribution in [1.29, 1.82) is 0 Å². The summed E-state index contributed by atoms with van der Waals surface area (Å²) in [7, 11) is 1.72. The lowest BCUT2D eigenvalue weighted by atomic mass is 10.2. The number of Topliss-reactive ketones (excluding diaryl/α,β-unsaturated/α-hetero) is 2. The van der Waals surface area contributed by atoms with Crippen LogP contribution in [0.2, 0.25) is 0 Å². The van der Waals surface area contributed by atoms with Crippen molar-refractivity contribution >= 4 is 17.5 Å². The molecule has 5 heteroatoms. The van der Waals surface area contributed by atoms with Crippen LogP contribution in [0.5, 0.6) is 0 Å². The molecule has 0 bridgehead atoms. The number of hydrogen-bond acceptors (Lipinski definition) is 4. The Hall–Kier alpha value is -2.04. The average molecular weight is 237 g/mol. The van der Waals surface area contributed by atoms with Crippen molar-refractivity contribution in [2.45, 2.75) is 20.8 Å². The predicted octanol–water partition coefficient (Wildman–Crippen LogP) is -0.328. The van der Waals surface area contributed by atoms with Gasteiger partial charge in [0.2, 0.25) is 23.0 Å². The topological polar surface area (TPSA) is 78.1 Å². The number of carbonyl (C=O) groups is 3. The largest absolute Gasteiger partial charge is 0.550 e. The van der Waals surface area contributed by atoms with Crippen LogP contribution in [-0.2, 0) is 11.8 Å². The van der Waals surface area contributed by atoms with Crippen molar-refractivity contribution < 1.29 is 24.1 Å². The van der Waals surface area contributed by atoms with E-state index in [9.17, 15) is 9.59 Å². The van der Waals surface area contributed by atoms with Crippen LogP contribution in [0.15, 0.2) is 18.2 Å². The third kappa shape index (κ3) is 5.01. The molecule has 0 fully saturated rings. The molecule has 0 N–H and O–H groups in total. The first-order valence-corrected chi connectivity index (χ1v) is 4.95. The zero-order valence-electron chi connectivity index (χ0n) is 10.3. The van der Waals surface area contributed by atoms with Crippen LogP contribution in [0.1, 0.15) is 41.7 Å². The van der Waals surface area contributed by atoms with Crippen LogP contribution < -0.4 is 9.67 Å². The highest BCUT2D eigenvalue weighted by atomic mass is 16.4. The molecule has 0 saturated carbocycles. The maximum absolute atomic E-state index is 11.1. The van der Waals surface area contributed by atoms with E-state index < -0.39 is 5.97 Å². The monoisotopic (exact) mass is 237 g/mol. The van der Waals surface area contributed by atoms with E-state index in [1.54, 1.807) is 29.8 Å². The molecule has 0 amide bonds. The van der Waals surface area contributed by atoms with E-state index in [0.29, 0.717) is 11.4 Å². The molecule has 0 aliphatic rings. The lowest BCUT2D eigenvalue weighted by Crippen LogP contribution is -2.41. The number of carboxylic acids is 1. The van der Waals surface area contributed by atoms with E-state index in [0.717, 1.165) is 6.92 Å². The predicted molar refractivity (Wildman–Crippen MR) is 58.3 cm³/mol. The van der Waals surface area contributed by atoms with Crippen molar-refractivity contribution in [2.75, 3.05) is 0 Å². The van der Waals surface area contributed by atoms with Crippen LogP contribution in [-0.4, -0.2) is 17.5 Å². The van der Waals surface area contributed by atoms with Gasteiger partial charge >= 0.3 is 0 Å². The van der Waals surface area contributed by atoms with Crippen molar-refractivity contribution in [3.05, 3.63) is 29.6 Å². The van der Waals surface area contributed by atoms with Gasteiger partial charge in [-0.1, -0.05) is 0 Å². The average Bonchev–Trinajstić information content (AvgIpc) is 2.15. The molecule has 1 aromatic heterocycles. The van der Waals surface area contributed by atoms with Gasteiger partial charge in [-0.2, -0.15) is 4.57 Å². The van der Waals surface area contributed by atoms with E-state index in [4.69, 9.17) is 9.90 Å². The number of carbonyl (C=O) groups excluding carboxylic acids is 3. The maximum Gasteiger partial charge on any atom is 0.248 e. The number of hydrogen-bond donors (Lipinski definition) is 0. The number of rotatable bonds is 2. The Morgan fingerprint density at radius 1 is 1.00 bits per heavy atom. The fraction of sp³-hybridized carbons (Fsp3) is 0.333. The standard InChI is InChI=1S/C10H12NO2.C2H4O2/c1-7(12)9-5-4-6-10(8(2)13)11(9)3;1-2(3)4/h4-6H,1-3H3;1H3,(H,3,4)/q+1;/p-1. The zero-order valence-corrected chi connectivity index (χ0v) is 10.3. The van der Waals surface area contributed by atoms with Crippen molar-refractivity contribution in [1.82, 2.24) is 0 Å². The molecule has 0 spiro atoms. The molecule has 1 heterocycles. The highest BCUT2D eigenvalue weighted by Crippen LogP contribution is 1.98. The van der Waals surface area contributed by atoms with Crippen LogP contribution >= 0.6 is 0 Å². The Labute approximate surface area is 99.7 Å². The summed E-state index contributed by atoms with van der Waals surface area (Å²) in [5.74, 6) is -1.16. The van der Waals surface area contributed by atoms with Crippen LogP contribution in [0.4, 0.5) is 0 Å². The lowest BCUT2D eigenvalue weighted by molar-refractivity contribution is -0.675. The summed E-state index contributed by atoms with van der Waals surface area (Å²) in [6.45, 7) is 3.94. The van der Waals surface area contributed by atoms with Crippen LogP contribution in [0.25, 0.3) is 0 Å². The lowest BCUT2D eigenvalue weighted by Gasteiger charge is -1.98. The number of nitrogens with zero attached hydrogens (tertiary/aromatic N) is 1. The first kappa shape index (κ1) is 15.0. The van der Waals surface area contributed by atoms with E-state index in [1.807, 2.05) is 0 Å². The fourth-order valence-electron chi connectivity index (χ4n) is 1.29. The molecule has 0 unspecified atom stereocenters. The maximum atomic E-state index is 11.1. The molecule has 17 heavy (non-hydrogen) atoms. The van der Waals surface area contributed by atoms with Gasteiger partial charge in [-0.15, -0.1) is 0 Å². The Morgan fingerprint density at radius 2 is 1.29 bits per heavy atom. The third-order valence-corrected chi connectivity index (χ3v) is 1.95. The zero-order chi connectivity index (χ0) is 13.6. The fourth-order valence-corrected chi connectivity index (χ4v) is 1.29. The number of carboxylic acid groups (broad SMARTS) is 1. The summed E-state index contributed by atoms with van der Waals surface area (Å²) < 4.78 is 1.62. The quantitative estimate of drug-likeness (QED) is 0.521. The van der Waals surface area contributed by atoms with E-state index >= 15 is 0 Å². The second-order valence-corrected chi connectivity index (χ2v) is 3.46. The minimum absolute atomic E-state index is 0.0365. The minimum atomic E-state index is -1.08. The summed E-state index contributed by atoms with van der Waals surface area (Å²) in [5.41, 5.74) is 1.10. The second kappa shape index (κ2) is 6.52. The highest BCUT2D eigenvalue weighted by Gasteiger charge is 2.18. The molecule has 1 rings (SSSR count). The van der Waals surface area contributed by atoms with Gasteiger partial charge < -0.3 is 9.90 Å². The molecule has 92 valence electrons. The van der Waals surface area contributed by atoms with Crippen LogP contribution in [0, 0.1) is 0 Å². The molecule has 0 aromatic carbocycles. The van der Waals surface area contributed by atoms with E-state index in [1.165, 1.54) is 13.8 Å². The van der Waals surface area contributed by atoms with Gasteiger partial charge in [-0.05, 0) is 13.0 Å². The summed E-state index contributed by atoms with van der Waals surface area (Å²) in [6.07, 6.45) is 0. The Kier molecular flexibility index (Phi) is 5.74. The van der Waals surface area contributed by atoms with E-state index in [2.05, 4.69) is 0 Å². The summed E-state index contributed by atoms with van der Waals surface area (Å²) in [6, 6.07) is 5.12. The summed E-state index contributed by atoms with van der Waals surface area (Å²) >= 11 is 0.